The van der Waals surface area contributed by atoms with E-state index in [9.17, 15) is 9.90 Å². The SMILES string of the molecule is COC(=O)c1c(O)cc(OC)cc1/C=C\c1ncc[nH]1. The number of methoxy groups -OCH3 is 2. The first-order valence-corrected chi connectivity index (χ1v) is 5.82. The number of hydrogen-bond donors (Lipinski definition) is 2. The van der Waals surface area contributed by atoms with Crippen molar-refractivity contribution in [3.63, 3.8) is 0 Å². The third-order valence-electron chi connectivity index (χ3n) is 2.69. The van der Waals surface area contributed by atoms with Crippen molar-refractivity contribution in [1.82, 2.24) is 9.97 Å². The zero-order valence-electron chi connectivity index (χ0n) is 11.1. The van der Waals surface area contributed by atoms with E-state index in [0.29, 0.717) is 17.1 Å². The average molecular weight is 274 g/mol. The third kappa shape index (κ3) is 2.80. The van der Waals surface area contributed by atoms with Crippen LogP contribution >= 0.6 is 0 Å². The predicted molar refractivity (Wildman–Crippen MR) is 73.5 cm³/mol. The molecule has 0 saturated heterocycles. The van der Waals surface area contributed by atoms with E-state index in [-0.39, 0.29) is 11.3 Å². The highest BCUT2D eigenvalue weighted by molar-refractivity contribution is 5.97. The lowest BCUT2D eigenvalue weighted by molar-refractivity contribution is 0.0597. The summed E-state index contributed by atoms with van der Waals surface area (Å²) in [6.45, 7) is 0. The van der Waals surface area contributed by atoms with Gasteiger partial charge in [0.1, 0.15) is 22.9 Å². The second-order valence-corrected chi connectivity index (χ2v) is 3.91. The molecule has 0 bridgehead atoms. The largest absolute Gasteiger partial charge is 0.507 e. The molecule has 6 nitrogen and oxygen atoms in total. The van der Waals surface area contributed by atoms with Crippen molar-refractivity contribution >= 4 is 18.1 Å². The third-order valence-corrected chi connectivity index (χ3v) is 2.69. The summed E-state index contributed by atoms with van der Waals surface area (Å²) in [7, 11) is 2.73. The number of ether oxygens (including phenoxy) is 2. The van der Waals surface area contributed by atoms with Gasteiger partial charge in [-0.1, -0.05) is 6.08 Å². The molecular formula is C14H14N2O4. The van der Waals surface area contributed by atoms with Gasteiger partial charge in [-0.05, 0) is 17.7 Å². The van der Waals surface area contributed by atoms with Crippen LogP contribution < -0.4 is 4.74 Å². The van der Waals surface area contributed by atoms with Gasteiger partial charge < -0.3 is 19.6 Å². The summed E-state index contributed by atoms with van der Waals surface area (Å²) < 4.78 is 9.74. The zero-order chi connectivity index (χ0) is 14.5. The van der Waals surface area contributed by atoms with Crippen molar-refractivity contribution in [1.29, 1.82) is 0 Å². The van der Waals surface area contributed by atoms with Gasteiger partial charge >= 0.3 is 5.97 Å². The molecule has 0 aliphatic carbocycles. The van der Waals surface area contributed by atoms with Gasteiger partial charge in [-0.15, -0.1) is 0 Å². The molecule has 2 rings (SSSR count). The summed E-state index contributed by atoms with van der Waals surface area (Å²) in [6.07, 6.45) is 6.63. The van der Waals surface area contributed by atoms with Gasteiger partial charge in [0.15, 0.2) is 0 Å². The molecule has 0 amide bonds. The Bertz CT molecular complexity index is 633. The Hall–Kier alpha value is -2.76. The first-order valence-electron chi connectivity index (χ1n) is 5.82. The van der Waals surface area contributed by atoms with E-state index in [1.807, 2.05) is 0 Å². The molecule has 1 aromatic carbocycles. The van der Waals surface area contributed by atoms with Crippen LogP contribution in [-0.4, -0.2) is 35.3 Å². The van der Waals surface area contributed by atoms with Gasteiger partial charge in [-0.25, -0.2) is 9.78 Å². The minimum absolute atomic E-state index is 0.0797. The maximum absolute atomic E-state index is 11.7. The number of aromatic hydroxyl groups is 1. The molecule has 0 fully saturated rings. The molecular weight excluding hydrogens is 260 g/mol. The molecule has 0 aliphatic heterocycles. The van der Waals surface area contributed by atoms with Crippen molar-refractivity contribution in [3.8, 4) is 11.5 Å². The topological polar surface area (TPSA) is 84.4 Å². The van der Waals surface area contributed by atoms with Crippen LogP contribution in [0.4, 0.5) is 0 Å². The summed E-state index contributed by atoms with van der Waals surface area (Å²) in [5.41, 5.74) is 0.557. The van der Waals surface area contributed by atoms with E-state index in [2.05, 4.69) is 14.7 Å². The zero-order valence-corrected chi connectivity index (χ0v) is 11.1. The first kappa shape index (κ1) is 13.7. The van der Waals surface area contributed by atoms with Crippen molar-refractivity contribution in [2.24, 2.45) is 0 Å². The second kappa shape index (κ2) is 5.92. The number of imidazole rings is 1. The number of rotatable bonds is 4. The minimum atomic E-state index is -0.621. The van der Waals surface area contributed by atoms with Crippen molar-refractivity contribution < 1.29 is 19.4 Å². The monoisotopic (exact) mass is 274 g/mol. The molecule has 0 radical (unpaired) electrons. The summed E-state index contributed by atoms with van der Waals surface area (Å²) in [5.74, 6) is 0.247. The Balaban J connectivity index is 2.48. The van der Waals surface area contributed by atoms with Crippen molar-refractivity contribution in [2.75, 3.05) is 14.2 Å². The van der Waals surface area contributed by atoms with E-state index in [0.717, 1.165) is 0 Å². The standard InChI is InChI=1S/C14H14N2O4/c1-19-10-7-9(3-4-12-15-5-6-16-12)13(11(17)8-10)14(18)20-2/h3-8,17H,1-2H3,(H,15,16)/b4-3-. The number of nitrogens with one attached hydrogen (secondary N) is 1. The van der Waals surface area contributed by atoms with E-state index in [1.165, 1.54) is 20.3 Å². The molecule has 1 heterocycles. The smallest absolute Gasteiger partial charge is 0.342 e. The van der Waals surface area contributed by atoms with E-state index in [4.69, 9.17) is 4.74 Å². The van der Waals surface area contributed by atoms with Crippen molar-refractivity contribution in [3.05, 3.63) is 41.5 Å². The summed E-state index contributed by atoms with van der Waals surface area (Å²) in [6, 6.07) is 2.99. The fraction of sp³-hybridized carbons (Fsp3) is 0.143. The lowest BCUT2D eigenvalue weighted by Gasteiger charge is -2.09. The fourth-order valence-electron chi connectivity index (χ4n) is 1.73. The normalized spacial score (nSPS) is 10.7. The molecule has 0 saturated carbocycles. The highest BCUT2D eigenvalue weighted by Gasteiger charge is 2.17. The lowest BCUT2D eigenvalue weighted by atomic mass is 10.0. The predicted octanol–water partition coefficient (Wildman–Crippen LogP) is 2.08. The van der Waals surface area contributed by atoms with Crippen LogP contribution in [0.25, 0.3) is 12.2 Å². The van der Waals surface area contributed by atoms with Gasteiger partial charge in [0.05, 0.1) is 14.2 Å². The number of hydrogen-bond acceptors (Lipinski definition) is 5. The number of esters is 1. The highest BCUT2D eigenvalue weighted by Crippen LogP contribution is 2.29. The average Bonchev–Trinajstić information content (AvgIpc) is 2.97. The Labute approximate surface area is 115 Å². The second-order valence-electron chi connectivity index (χ2n) is 3.91. The van der Waals surface area contributed by atoms with E-state index < -0.39 is 5.97 Å². The Morgan fingerprint density at radius 3 is 2.75 bits per heavy atom. The lowest BCUT2D eigenvalue weighted by Crippen LogP contribution is -2.04. The molecule has 0 unspecified atom stereocenters. The van der Waals surface area contributed by atoms with Crippen LogP contribution in [0.1, 0.15) is 21.7 Å². The summed E-state index contributed by atoms with van der Waals surface area (Å²) in [5, 5.41) is 9.92. The van der Waals surface area contributed by atoms with Gasteiger partial charge in [-0.2, -0.15) is 0 Å². The summed E-state index contributed by atoms with van der Waals surface area (Å²) in [4.78, 5) is 18.7. The van der Waals surface area contributed by atoms with Crippen LogP contribution in [-0.2, 0) is 4.74 Å². The summed E-state index contributed by atoms with van der Waals surface area (Å²) >= 11 is 0. The number of carbonyl (C=O) groups is 1. The van der Waals surface area contributed by atoms with Crippen LogP contribution in [0.5, 0.6) is 11.5 Å². The number of nitrogens with zero attached hydrogens (tertiary/aromatic N) is 1. The number of phenolic OH excluding ortho intramolecular Hbond substituents is 1. The molecule has 1 aromatic heterocycles. The minimum Gasteiger partial charge on any atom is -0.507 e. The number of phenols is 1. The first-order chi connectivity index (χ1) is 9.65. The Morgan fingerprint density at radius 1 is 1.35 bits per heavy atom. The molecule has 2 aromatic rings. The van der Waals surface area contributed by atoms with E-state index in [1.54, 1.807) is 30.6 Å². The number of H-pyrrole nitrogens is 1. The van der Waals surface area contributed by atoms with Crippen molar-refractivity contribution in [2.45, 2.75) is 0 Å². The Kier molecular flexibility index (Phi) is 4.05. The van der Waals surface area contributed by atoms with Crippen LogP contribution in [0.15, 0.2) is 24.5 Å². The number of aromatic amines is 1. The van der Waals surface area contributed by atoms with Crippen LogP contribution in [0, 0.1) is 0 Å². The molecule has 0 atom stereocenters. The molecule has 0 spiro atoms. The molecule has 6 heteroatoms. The molecule has 0 aliphatic rings. The molecule has 104 valence electrons. The molecule has 2 N–H and O–H groups in total. The maximum Gasteiger partial charge on any atom is 0.342 e. The van der Waals surface area contributed by atoms with Gasteiger partial charge in [-0.3, -0.25) is 0 Å². The number of carbonyl (C=O) groups excluding carboxylic acids is 1. The quantitative estimate of drug-likeness (QED) is 0.834. The fourth-order valence-corrected chi connectivity index (χ4v) is 1.73. The van der Waals surface area contributed by atoms with Gasteiger partial charge in [0.25, 0.3) is 0 Å². The maximum atomic E-state index is 11.7. The Morgan fingerprint density at radius 2 is 2.15 bits per heavy atom. The van der Waals surface area contributed by atoms with Gasteiger partial charge in [0.2, 0.25) is 0 Å². The molecule has 20 heavy (non-hydrogen) atoms. The highest BCUT2D eigenvalue weighted by atomic mass is 16.5. The van der Waals surface area contributed by atoms with Crippen LogP contribution in [0.2, 0.25) is 0 Å². The number of benzene rings is 1. The van der Waals surface area contributed by atoms with E-state index >= 15 is 0 Å². The number of aromatic nitrogens is 2. The van der Waals surface area contributed by atoms with Gasteiger partial charge in [0, 0.05) is 18.5 Å². The van der Waals surface area contributed by atoms with Crippen LogP contribution in [0.3, 0.4) is 0 Å².